The van der Waals surface area contributed by atoms with E-state index in [0.717, 1.165) is 24.7 Å². The molecule has 0 saturated carbocycles. The molecule has 1 aromatic carbocycles. The van der Waals surface area contributed by atoms with Gasteiger partial charge in [-0.2, -0.15) is 0 Å². The highest BCUT2D eigenvalue weighted by molar-refractivity contribution is 5.27. The Bertz CT molecular complexity index is 462. The summed E-state index contributed by atoms with van der Waals surface area (Å²) in [6, 6.07) is 8.03. The Morgan fingerprint density at radius 3 is 2.78 bits per heavy atom. The first-order valence-corrected chi connectivity index (χ1v) is 5.90. The Kier molecular flexibility index (Phi) is 4.55. The minimum absolute atomic E-state index is 0.538. The number of rotatable bonds is 7. The molecule has 4 heteroatoms. The molecule has 0 aliphatic rings. The van der Waals surface area contributed by atoms with Gasteiger partial charge in [0.25, 0.3) is 0 Å². The van der Waals surface area contributed by atoms with Crippen molar-refractivity contribution in [2.24, 2.45) is 0 Å². The van der Waals surface area contributed by atoms with E-state index in [4.69, 9.17) is 4.74 Å². The second kappa shape index (κ2) is 6.61. The van der Waals surface area contributed by atoms with Crippen molar-refractivity contribution in [2.45, 2.75) is 13.1 Å². The van der Waals surface area contributed by atoms with Gasteiger partial charge in [0.2, 0.25) is 0 Å². The van der Waals surface area contributed by atoms with E-state index in [1.807, 2.05) is 30.5 Å². The molecule has 0 fully saturated rings. The fourth-order valence-corrected chi connectivity index (χ4v) is 1.58. The highest BCUT2D eigenvalue weighted by atomic mass is 16.5. The lowest BCUT2D eigenvalue weighted by Crippen LogP contribution is -2.13. The van der Waals surface area contributed by atoms with Gasteiger partial charge in [-0.1, -0.05) is 24.8 Å². The molecule has 18 heavy (non-hydrogen) atoms. The van der Waals surface area contributed by atoms with E-state index in [2.05, 4.69) is 21.9 Å². The molecule has 2 rings (SSSR count). The minimum Gasteiger partial charge on any atom is -0.490 e. The van der Waals surface area contributed by atoms with Crippen LogP contribution in [0.5, 0.6) is 5.75 Å². The van der Waals surface area contributed by atoms with Crippen LogP contribution >= 0.6 is 0 Å². The van der Waals surface area contributed by atoms with Crippen LogP contribution in [0.15, 0.2) is 49.3 Å². The van der Waals surface area contributed by atoms with Gasteiger partial charge in [-0.05, 0) is 17.7 Å². The van der Waals surface area contributed by atoms with Crippen molar-refractivity contribution in [2.75, 3.05) is 6.61 Å². The van der Waals surface area contributed by atoms with Gasteiger partial charge in [-0.3, -0.25) is 0 Å². The number of aromatic nitrogens is 2. The molecule has 0 aliphatic heterocycles. The lowest BCUT2D eigenvalue weighted by molar-refractivity contribution is 0.363. The van der Waals surface area contributed by atoms with E-state index in [1.165, 1.54) is 5.56 Å². The maximum atomic E-state index is 5.42. The third kappa shape index (κ3) is 3.75. The van der Waals surface area contributed by atoms with Crippen LogP contribution in [0.1, 0.15) is 11.4 Å². The summed E-state index contributed by atoms with van der Waals surface area (Å²) in [5.41, 5.74) is 1.22. The van der Waals surface area contributed by atoms with Crippen LogP contribution < -0.4 is 10.1 Å². The van der Waals surface area contributed by atoms with E-state index in [9.17, 15) is 0 Å². The second-order valence-corrected chi connectivity index (χ2v) is 3.88. The highest BCUT2D eigenvalue weighted by Crippen LogP contribution is 2.12. The van der Waals surface area contributed by atoms with Crippen LogP contribution in [0.25, 0.3) is 0 Å². The molecule has 0 atom stereocenters. The zero-order chi connectivity index (χ0) is 12.6. The lowest BCUT2D eigenvalue weighted by atomic mass is 10.2. The summed E-state index contributed by atoms with van der Waals surface area (Å²) in [5.74, 6) is 1.81. The molecule has 0 aliphatic carbocycles. The minimum atomic E-state index is 0.538. The van der Waals surface area contributed by atoms with E-state index in [0.29, 0.717) is 6.61 Å². The van der Waals surface area contributed by atoms with Crippen LogP contribution in [0, 0.1) is 0 Å². The fraction of sp³-hybridized carbons (Fsp3) is 0.214. The Balaban J connectivity index is 1.77. The quantitative estimate of drug-likeness (QED) is 0.733. The summed E-state index contributed by atoms with van der Waals surface area (Å²) in [6.07, 6.45) is 5.31. The first-order valence-electron chi connectivity index (χ1n) is 5.90. The smallest absolute Gasteiger partial charge is 0.120 e. The molecular formula is C14H17N3O. The number of imidazole rings is 1. The SMILES string of the molecule is C=CCOc1ccc(CNCc2ncc[nH]2)cc1. The second-order valence-electron chi connectivity index (χ2n) is 3.88. The van der Waals surface area contributed by atoms with Gasteiger partial charge in [-0.25, -0.2) is 4.98 Å². The Labute approximate surface area is 107 Å². The molecule has 0 saturated heterocycles. The number of ether oxygens (including phenoxy) is 1. The first kappa shape index (κ1) is 12.4. The van der Waals surface area contributed by atoms with Crippen molar-refractivity contribution in [3.05, 3.63) is 60.7 Å². The van der Waals surface area contributed by atoms with Gasteiger partial charge in [0.15, 0.2) is 0 Å². The van der Waals surface area contributed by atoms with Crippen molar-refractivity contribution in [1.82, 2.24) is 15.3 Å². The van der Waals surface area contributed by atoms with Gasteiger partial charge < -0.3 is 15.0 Å². The molecule has 0 bridgehead atoms. The predicted octanol–water partition coefficient (Wildman–Crippen LogP) is 2.26. The molecule has 0 spiro atoms. The van der Waals surface area contributed by atoms with Crippen LogP contribution in [0.3, 0.4) is 0 Å². The molecule has 0 unspecified atom stereocenters. The standard InChI is InChI=1S/C14H17N3O/c1-2-9-18-13-5-3-12(4-6-13)10-15-11-14-16-7-8-17-14/h2-8,15H,1,9-11H2,(H,16,17). The highest BCUT2D eigenvalue weighted by Gasteiger charge is 1.96. The van der Waals surface area contributed by atoms with Crippen LogP contribution in [-0.4, -0.2) is 16.6 Å². The van der Waals surface area contributed by atoms with Crippen LogP contribution in [0.2, 0.25) is 0 Å². The number of H-pyrrole nitrogens is 1. The summed E-state index contributed by atoms with van der Waals surface area (Å²) in [4.78, 5) is 7.20. The third-order valence-electron chi connectivity index (χ3n) is 2.47. The van der Waals surface area contributed by atoms with Crippen molar-refractivity contribution in [3.8, 4) is 5.75 Å². The molecular weight excluding hydrogens is 226 g/mol. The van der Waals surface area contributed by atoms with Gasteiger partial charge in [0.1, 0.15) is 18.2 Å². The molecule has 4 nitrogen and oxygen atoms in total. The van der Waals surface area contributed by atoms with Crippen molar-refractivity contribution < 1.29 is 4.74 Å². The fourth-order valence-electron chi connectivity index (χ4n) is 1.58. The van der Waals surface area contributed by atoms with Crippen molar-refractivity contribution >= 4 is 0 Å². The van der Waals surface area contributed by atoms with Gasteiger partial charge in [0, 0.05) is 18.9 Å². The van der Waals surface area contributed by atoms with Gasteiger partial charge in [0.05, 0.1) is 6.54 Å². The number of benzene rings is 1. The predicted molar refractivity (Wildman–Crippen MR) is 71.3 cm³/mol. The van der Waals surface area contributed by atoms with Gasteiger partial charge >= 0.3 is 0 Å². The molecule has 94 valence electrons. The number of hydrogen-bond acceptors (Lipinski definition) is 3. The summed E-state index contributed by atoms with van der Waals surface area (Å²) < 4.78 is 5.42. The molecule has 2 N–H and O–H groups in total. The van der Waals surface area contributed by atoms with E-state index < -0.39 is 0 Å². The van der Waals surface area contributed by atoms with Crippen LogP contribution in [-0.2, 0) is 13.1 Å². The third-order valence-corrected chi connectivity index (χ3v) is 2.47. The Morgan fingerprint density at radius 1 is 1.28 bits per heavy atom. The Hall–Kier alpha value is -2.07. The number of nitrogens with zero attached hydrogens (tertiary/aromatic N) is 1. The maximum Gasteiger partial charge on any atom is 0.120 e. The van der Waals surface area contributed by atoms with E-state index in [1.54, 1.807) is 12.3 Å². The molecule has 2 aromatic rings. The van der Waals surface area contributed by atoms with Gasteiger partial charge in [-0.15, -0.1) is 0 Å². The van der Waals surface area contributed by atoms with E-state index in [-0.39, 0.29) is 0 Å². The lowest BCUT2D eigenvalue weighted by Gasteiger charge is -2.06. The largest absolute Gasteiger partial charge is 0.490 e. The first-order chi connectivity index (χ1) is 8.88. The average molecular weight is 243 g/mol. The van der Waals surface area contributed by atoms with E-state index >= 15 is 0 Å². The topological polar surface area (TPSA) is 49.9 Å². The summed E-state index contributed by atoms with van der Waals surface area (Å²) >= 11 is 0. The summed E-state index contributed by atoms with van der Waals surface area (Å²) in [7, 11) is 0. The van der Waals surface area contributed by atoms with Crippen LogP contribution in [0.4, 0.5) is 0 Å². The zero-order valence-corrected chi connectivity index (χ0v) is 10.2. The Morgan fingerprint density at radius 2 is 2.11 bits per heavy atom. The number of aromatic amines is 1. The molecule has 0 amide bonds. The summed E-state index contributed by atoms with van der Waals surface area (Å²) in [5, 5.41) is 3.32. The number of hydrogen-bond donors (Lipinski definition) is 2. The molecule has 1 aromatic heterocycles. The average Bonchev–Trinajstić information content (AvgIpc) is 2.91. The normalized spacial score (nSPS) is 10.2. The monoisotopic (exact) mass is 243 g/mol. The number of nitrogens with one attached hydrogen (secondary N) is 2. The maximum absolute atomic E-state index is 5.42. The van der Waals surface area contributed by atoms with Crippen molar-refractivity contribution in [1.29, 1.82) is 0 Å². The zero-order valence-electron chi connectivity index (χ0n) is 10.2. The summed E-state index contributed by atoms with van der Waals surface area (Å²) in [6.45, 7) is 5.70. The molecule has 0 radical (unpaired) electrons. The van der Waals surface area contributed by atoms with Crippen molar-refractivity contribution in [3.63, 3.8) is 0 Å². The molecule has 1 heterocycles.